The number of carbonyl (C=O) groups is 1. The topological polar surface area (TPSA) is 55.1 Å². The number of fused-ring (bicyclic) bond motifs is 1. The summed E-state index contributed by atoms with van der Waals surface area (Å²) in [6.07, 6.45) is 2.07. The fourth-order valence-electron chi connectivity index (χ4n) is 2.42. The quantitative estimate of drug-likeness (QED) is 0.746. The molecule has 1 aromatic heterocycles. The molecule has 0 saturated heterocycles. The molecule has 0 radical (unpaired) electrons. The maximum atomic E-state index is 12.3. The van der Waals surface area contributed by atoms with Crippen molar-refractivity contribution in [3.8, 4) is 5.75 Å². The van der Waals surface area contributed by atoms with E-state index in [4.69, 9.17) is 0 Å². The average Bonchev–Trinajstić information content (AvgIpc) is 2.90. The predicted octanol–water partition coefficient (Wildman–Crippen LogP) is 3.32. The largest absolute Gasteiger partial charge is 0.507 e. The smallest absolute Gasteiger partial charge is 0.168 e. The Morgan fingerprint density at radius 3 is 2.90 bits per heavy atom. The summed E-state index contributed by atoms with van der Waals surface area (Å²) in [6.45, 7) is 2.45. The lowest BCUT2D eigenvalue weighted by Crippen LogP contribution is -2.06. The molecule has 0 aliphatic heterocycles. The van der Waals surface area contributed by atoms with Crippen LogP contribution in [-0.4, -0.2) is 20.4 Å². The fourth-order valence-corrected chi connectivity index (χ4v) is 2.42. The Hall–Kier alpha value is -2.62. The Morgan fingerprint density at radius 2 is 2.05 bits per heavy atom. The van der Waals surface area contributed by atoms with Crippen molar-refractivity contribution in [1.82, 2.24) is 9.55 Å². The first-order chi connectivity index (χ1) is 10.1. The van der Waals surface area contributed by atoms with E-state index in [9.17, 15) is 9.90 Å². The van der Waals surface area contributed by atoms with Gasteiger partial charge < -0.3 is 9.67 Å². The third-order valence-electron chi connectivity index (χ3n) is 3.56. The molecule has 0 saturated carbocycles. The number of aromatic hydroxyl groups is 1. The number of hydrogen-bond donors (Lipinski definition) is 1. The van der Waals surface area contributed by atoms with Gasteiger partial charge in [-0.15, -0.1) is 0 Å². The van der Waals surface area contributed by atoms with Crippen molar-refractivity contribution in [3.63, 3.8) is 0 Å². The van der Waals surface area contributed by atoms with Crippen molar-refractivity contribution in [1.29, 1.82) is 0 Å². The number of hydrogen-bond acceptors (Lipinski definition) is 3. The van der Waals surface area contributed by atoms with Gasteiger partial charge in [-0.1, -0.05) is 23.8 Å². The third-order valence-corrected chi connectivity index (χ3v) is 3.56. The van der Waals surface area contributed by atoms with E-state index in [2.05, 4.69) is 4.98 Å². The van der Waals surface area contributed by atoms with Crippen LogP contribution in [-0.2, 0) is 6.54 Å². The van der Waals surface area contributed by atoms with Crippen LogP contribution in [0.15, 0.2) is 48.8 Å². The van der Waals surface area contributed by atoms with Crippen LogP contribution in [0.3, 0.4) is 0 Å². The minimum absolute atomic E-state index is 0.0427. The summed E-state index contributed by atoms with van der Waals surface area (Å²) < 4.78 is 1.96. The van der Waals surface area contributed by atoms with Crippen molar-refractivity contribution in [2.75, 3.05) is 0 Å². The molecule has 0 aliphatic rings. The molecule has 3 aromatic rings. The van der Waals surface area contributed by atoms with Gasteiger partial charge in [0.05, 0.1) is 22.9 Å². The van der Waals surface area contributed by atoms with Crippen LogP contribution in [0.1, 0.15) is 22.3 Å². The average molecular weight is 280 g/mol. The van der Waals surface area contributed by atoms with Crippen molar-refractivity contribution in [2.24, 2.45) is 0 Å². The van der Waals surface area contributed by atoms with Gasteiger partial charge in [0.25, 0.3) is 0 Å². The number of ketones is 1. The van der Waals surface area contributed by atoms with Crippen LogP contribution in [0.5, 0.6) is 5.75 Å². The number of aryl methyl sites for hydroxylation is 2. The maximum Gasteiger partial charge on any atom is 0.168 e. The molecule has 0 aliphatic carbocycles. The van der Waals surface area contributed by atoms with Gasteiger partial charge in [0, 0.05) is 13.0 Å². The Kier molecular flexibility index (Phi) is 3.44. The zero-order valence-corrected chi connectivity index (χ0v) is 11.8. The number of imidazole rings is 1. The Bertz CT molecular complexity index is 805. The van der Waals surface area contributed by atoms with E-state index in [1.807, 2.05) is 35.8 Å². The molecule has 0 spiro atoms. The molecule has 0 unspecified atom stereocenters. The van der Waals surface area contributed by atoms with Crippen molar-refractivity contribution in [2.45, 2.75) is 19.9 Å². The first-order valence-corrected chi connectivity index (χ1v) is 6.88. The lowest BCUT2D eigenvalue weighted by molar-refractivity contribution is 0.0975. The molecule has 2 aromatic carbocycles. The van der Waals surface area contributed by atoms with Gasteiger partial charge in [0.1, 0.15) is 5.75 Å². The summed E-state index contributed by atoms with van der Waals surface area (Å²) >= 11 is 0. The van der Waals surface area contributed by atoms with Crippen LogP contribution in [0, 0.1) is 6.92 Å². The zero-order valence-electron chi connectivity index (χ0n) is 11.8. The molecule has 0 atom stereocenters. The van der Waals surface area contributed by atoms with Crippen LogP contribution in [0.25, 0.3) is 11.0 Å². The number of benzene rings is 2. The van der Waals surface area contributed by atoms with E-state index in [-0.39, 0.29) is 11.5 Å². The molecule has 106 valence electrons. The molecule has 0 amide bonds. The number of para-hydroxylation sites is 2. The van der Waals surface area contributed by atoms with E-state index in [0.29, 0.717) is 18.5 Å². The second kappa shape index (κ2) is 5.40. The van der Waals surface area contributed by atoms with E-state index in [0.717, 1.165) is 16.6 Å². The van der Waals surface area contributed by atoms with Crippen molar-refractivity contribution < 1.29 is 9.90 Å². The first kappa shape index (κ1) is 13.4. The molecule has 4 heteroatoms. The minimum atomic E-state index is -0.0611. The molecule has 1 N–H and O–H groups in total. The number of Topliss-reactive ketones (excluding diaryl/α,β-unsaturated/α-hetero) is 1. The lowest BCUT2D eigenvalue weighted by Gasteiger charge is -2.06. The highest BCUT2D eigenvalue weighted by Crippen LogP contribution is 2.20. The molecule has 4 nitrogen and oxygen atoms in total. The second-order valence-corrected chi connectivity index (χ2v) is 5.12. The molecule has 1 heterocycles. The maximum absolute atomic E-state index is 12.3. The molecule has 3 rings (SSSR count). The molecular formula is C17H16N2O2. The SMILES string of the molecule is Cc1ccc(O)c(C(=O)CCn2cnc3ccccc32)c1. The van der Waals surface area contributed by atoms with Crippen molar-refractivity contribution >= 4 is 16.8 Å². The van der Waals surface area contributed by atoms with Gasteiger partial charge in [-0.2, -0.15) is 0 Å². The summed E-state index contributed by atoms with van der Waals surface area (Å²) in [7, 11) is 0. The van der Waals surface area contributed by atoms with E-state index < -0.39 is 0 Å². The van der Waals surface area contributed by atoms with Crippen molar-refractivity contribution in [3.05, 3.63) is 59.9 Å². The number of phenols is 1. The van der Waals surface area contributed by atoms with Gasteiger partial charge in [-0.25, -0.2) is 4.98 Å². The highest BCUT2D eigenvalue weighted by Gasteiger charge is 2.12. The number of aromatic nitrogens is 2. The first-order valence-electron chi connectivity index (χ1n) is 6.88. The standard InChI is InChI=1S/C17H16N2O2/c1-12-6-7-16(20)13(10-12)17(21)8-9-19-11-18-14-4-2-3-5-15(14)19/h2-7,10-11,20H,8-9H2,1H3. The number of carbonyl (C=O) groups excluding carboxylic acids is 1. The number of rotatable bonds is 4. The molecule has 21 heavy (non-hydrogen) atoms. The van der Waals surface area contributed by atoms with Gasteiger partial charge in [0.15, 0.2) is 5.78 Å². The van der Waals surface area contributed by atoms with Gasteiger partial charge in [0.2, 0.25) is 0 Å². The third kappa shape index (κ3) is 2.65. The molecule has 0 bridgehead atoms. The highest BCUT2D eigenvalue weighted by atomic mass is 16.3. The summed E-state index contributed by atoms with van der Waals surface area (Å²) in [6, 6.07) is 12.9. The zero-order chi connectivity index (χ0) is 14.8. The minimum Gasteiger partial charge on any atom is -0.507 e. The monoisotopic (exact) mass is 280 g/mol. The Morgan fingerprint density at radius 1 is 1.24 bits per heavy atom. The van der Waals surface area contributed by atoms with Crippen LogP contribution >= 0.6 is 0 Å². The van der Waals surface area contributed by atoms with Crippen LogP contribution in [0.4, 0.5) is 0 Å². The van der Waals surface area contributed by atoms with Crippen LogP contribution < -0.4 is 0 Å². The summed E-state index contributed by atoms with van der Waals surface area (Å²) in [4.78, 5) is 16.6. The molecular weight excluding hydrogens is 264 g/mol. The summed E-state index contributed by atoms with van der Waals surface area (Å²) in [5.74, 6) is -0.0185. The Labute approximate surface area is 122 Å². The lowest BCUT2D eigenvalue weighted by atomic mass is 10.0. The van der Waals surface area contributed by atoms with Gasteiger partial charge in [-0.05, 0) is 31.2 Å². The number of nitrogens with zero attached hydrogens (tertiary/aromatic N) is 2. The predicted molar refractivity (Wildman–Crippen MR) is 81.5 cm³/mol. The molecule has 0 fully saturated rings. The van der Waals surface area contributed by atoms with Gasteiger partial charge in [-0.3, -0.25) is 4.79 Å². The number of phenolic OH excluding ortho intramolecular Hbond substituents is 1. The summed E-state index contributed by atoms with van der Waals surface area (Å²) in [5.41, 5.74) is 3.28. The highest BCUT2D eigenvalue weighted by molar-refractivity contribution is 5.98. The second-order valence-electron chi connectivity index (χ2n) is 5.12. The fraction of sp³-hybridized carbons (Fsp3) is 0.176. The van der Waals surface area contributed by atoms with E-state index in [1.54, 1.807) is 24.5 Å². The summed E-state index contributed by atoms with van der Waals surface area (Å²) in [5, 5.41) is 9.79. The van der Waals surface area contributed by atoms with Crippen LogP contribution in [0.2, 0.25) is 0 Å². The van der Waals surface area contributed by atoms with E-state index in [1.165, 1.54) is 0 Å². The van der Waals surface area contributed by atoms with Gasteiger partial charge >= 0.3 is 0 Å². The normalized spacial score (nSPS) is 10.9. The van der Waals surface area contributed by atoms with E-state index >= 15 is 0 Å². The Balaban J connectivity index is 1.78.